The van der Waals surface area contributed by atoms with Gasteiger partial charge in [0.1, 0.15) is 7.05 Å². The molecule has 0 aliphatic rings. The van der Waals surface area contributed by atoms with Crippen LogP contribution in [0, 0.1) is 0 Å². The van der Waals surface area contributed by atoms with Crippen LogP contribution in [-0.2, 0) is 13.5 Å². The molecule has 1 rings (SSSR count). The summed E-state index contributed by atoms with van der Waals surface area (Å²) in [6, 6.07) is 2.13. The van der Waals surface area contributed by atoms with E-state index in [1.165, 1.54) is 10.0 Å². The lowest BCUT2D eigenvalue weighted by atomic mass is 10.2. The number of nitrogens with zero attached hydrogens (tertiary/aromatic N) is 1. The van der Waals surface area contributed by atoms with Gasteiger partial charge in [-0.05, 0) is 27.9 Å². The molecule has 0 amide bonds. The molecule has 1 aromatic rings. The zero-order valence-electron chi connectivity index (χ0n) is 6.26. The van der Waals surface area contributed by atoms with Crippen molar-refractivity contribution in [3.63, 3.8) is 0 Å². The van der Waals surface area contributed by atoms with E-state index in [0.717, 1.165) is 6.42 Å². The molecule has 0 atom stereocenters. The Bertz CT molecular complexity index is 233. The van der Waals surface area contributed by atoms with Crippen LogP contribution in [0.2, 0.25) is 0 Å². The molecular formula is C8H11BrN+. The summed E-state index contributed by atoms with van der Waals surface area (Å²) in [7, 11) is 2.02. The monoisotopic (exact) mass is 200 g/mol. The van der Waals surface area contributed by atoms with E-state index in [1.54, 1.807) is 0 Å². The summed E-state index contributed by atoms with van der Waals surface area (Å²) in [5.41, 5.74) is 1.36. The van der Waals surface area contributed by atoms with Crippen molar-refractivity contribution in [1.29, 1.82) is 0 Å². The second-order valence-corrected chi connectivity index (χ2v) is 3.19. The van der Waals surface area contributed by atoms with Crippen LogP contribution in [-0.4, -0.2) is 0 Å². The van der Waals surface area contributed by atoms with Crippen molar-refractivity contribution in [2.75, 3.05) is 0 Å². The van der Waals surface area contributed by atoms with Gasteiger partial charge in [0.25, 0.3) is 0 Å². The molecule has 10 heavy (non-hydrogen) atoms. The van der Waals surface area contributed by atoms with Gasteiger partial charge in [-0.15, -0.1) is 0 Å². The van der Waals surface area contributed by atoms with Crippen LogP contribution in [0.5, 0.6) is 0 Å². The molecule has 1 nitrogen and oxygen atoms in total. The lowest BCUT2D eigenvalue weighted by molar-refractivity contribution is -0.672. The van der Waals surface area contributed by atoms with Crippen LogP contribution in [0.25, 0.3) is 0 Å². The average molecular weight is 201 g/mol. The SMILES string of the molecule is CCc1cc[n+](C)cc1Br. The maximum absolute atomic E-state index is 3.49. The second-order valence-electron chi connectivity index (χ2n) is 2.34. The van der Waals surface area contributed by atoms with E-state index in [-0.39, 0.29) is 0 Å². The summed E-state index contributed by atoms with van der Waals surface area (Å²) in [6.45, 7) is 2.15. The lowest BCUT2D eigenvalue weighted by Gasteiger charge is -1.96. The Morgan fingerprint density at radius 3 is 2.80 bits per heavy atom. The summed E-state index contributed by atoms with van der Waals surface area (Å²) < 4.78 is 3.23. The second kappa shape index (κ2) is 3.15. The minimum Gasteiger partial charge on any atom is -0.207 e. The molecule has 0 unspecified atom stereocenters. The van der Waals surface area contributed by atoms with Crippen LogP contribution in [0.3, 0.4) is 0 Å². The van der Waals surface area contributed by atoms with Crippen LogP contribution >= 0.6 is 15.9 Å². The Hall–Kier alpha value is -0.370. The Labute approximate surface area is 69.8 Å². The predicted octanol–water partition coefficient (Wildman–Crippen LogP) is 1.84. The van der Waals surface area contributed by atoms with Gasteiger partial charge in [0, 0.05) is 6.07 Å². The van der Waals surface area contributed by atoms with E-state index in [0.29, 0.717) is 0 Å². The van der Waals surface area contributed by atoms with Crippen LogP contribution in [0.1, 0.15) is 12.5 Å². The van der Waals surface area contributed by atoms with Crippen molar-refractivity contribution < 1.29 is 4.57 Å². The van der Waals surface area contributed by atoms with Gasteiger partial charge >= 0.3 is 0 Å². The molecule has 0 N–H and O–H groups in total. The van der Waals surface area contributed by atoms with Gasteiger partial charge in [0.2, 0.25) is 0 Å². The highest BCUT2D eigenvalue weighted by Crippen LogP contribution is 2.13. The zero-order valence-corrected chi connectivity index (χ0v) is 7.85. The number of aryl methyl sites for hydroxylation is 2. The summed E-state index contributed by atoms with van der Waals surface area (Å²) in [5, 5.41) is 0. The van der Waals surface area contributed by atoms with Gasteiger partial charge in [-0.3, -0.25) is 0 Å². The first-order valence-electron chi connectivity index (χ1n) is 3.37. The Morgan fingerprint density at radius 1 is 1.60 bits per heavy atom. The first-order chi connectivity index (χ1) is 4.74. The Kier molecular flexibility index (Phi) is 2.44. The fourth-order valence-electron chi connectivity index (χ4n) is 0.879. The van der Waals surface area contributed by atoms with Gasteiger partial charge in [-0.1, -0.05) is 6.92 Å². The Morgan fingerprint density at radius 2 is 2.30 bits per heavy atom. The smallest absolute Gasteiger partial charge is 0.183 e. The summed E-state index contributed by atoms with van der Waals surface area (Å²) in [4.78, 5) is 0. The largest absolute Gasteiger partial charge is 0.207 e. The van der Waals surface area contributed by atoms with Crippen molar-refractivity contribution in [2.45, 2.75) is 13.3 Å². The number of halogens is 1. The first kappa shape index (κ1) is 7.73. The first-order valence-corrected chi connectivity index (χ1v) is 4.17. The molecule has 0 radical (unpaired) electrons. The molecule has 0 aliphatic heterocycles. The maximum atomic E-state index is 3.49. The van der Waals surface area contributed by atoms with E-state index in [1.807, 2.05) is 11.6 Å². The highest BCUT2D eigenvalue weighted by atomic mass is 79.9. The molecule has 0 bridgehead atoms. The number of pyridine rings is 1. The van der Waals surface area contributed by atoms with Gasteiger partial charge < -0.3 is 0 Å². The standard InChI is InChI=1S/C8H11BrN/c1-3-7-4-5-10(2)6-8(7)9/h4-6H,3H2,1-2H3/q+1. The predicted molar refractivity (Wildman–Crippen MR) is 44.7 cm³/mol. The molecule has 0 fully saturated rings. The van der Waals surface area contributed by atoms with Crippen molar-refractivity contribution in [3.05, 3.63) is 28.5 Å². The highest BCUT2D eigenvalue weighted by molar-refractivity contribution is 9.10. The topological polar surface area (TPSA) is 3.88 Å². The molecule has 0 saturated heterocycles. The van der Waals surface area contributed by atoms with Gasteiger partial charge in [-0.2, -0.15) is 0 Å². The van der Waals surface area contributed by atoms with E-state index in [4.69, 9.17) is 0 Å². The molecule has 1 heterocycles. The van der Waals surface area contributed by atoms with E-state index >= 15 is 0 Å². The van der Waals surface area contributed by atoms with Crippen molar-refractivity contribution >= 4 is 15.9 Å². The highest BCUT2D eigenvalue weighted by Gasteiger charge is 2.00. The van der Waals surface area contributed by atoms with Crippen molar-refractivity contribution in [2.24, 2.45) is 7.05 Å². The van der Waals surface area contributed by atoms with E-state index in [2.05, 4.69) is 41.3 Å². The normalized spacial score (nSPS) is 9.90. The van der Waals surface area contributed by atoms with E-state index < -0.39 is 0 Å². The number of rotatable bonds is 1. The van der Waals surface area contributed by atoms with Crippen LogP contribution in [0.15, 0.2) is 22.9 Å². The fourth-order valence-corrected chi connectivity index (χ4v) is 1.61. The van der Waals surface area contributed by atoms with Crippen LogP contribution in [0.4, 0.5) is 0 Å². The fraction of sp³-hybridized carbons (Fsp3) is 0.375. The van der Waals surface area contributed by atoms with Crippen molar-refractivity contribution in [1.82, 2.24) is 0 Å². The molecule has 2 heteroatoms. The average Bonchev–Trinajstić information content (AvgIpc) is 1.88. The molecular weight excluding hydrogens is 190 g/mol. The summed E-state index contributed by atoms with van der Waals surface area (Å²) in [5.74, 6) is 0. The molecule has 0 aromatic carbocycles. The molecule has 0 spiro atoms. The number of hydrogen-bond donors (Lipinski definition) is 0. The molecule has 0 saturated carbocycles. The quantitative estimate of drug-likeness (QED) is 0.610. The van der Waals surface area contributed by atoms with E-state index in [9.17, 15) is 0 Å². The summed E-state index contributed by atoms with van der Waals surface area (Å²) in [6.07, 6.45) is 5.21. The minimum absolute atomic E-state index is 1.08. The van der Waals surface area contributed by atoms with Crippen LogP contribution < -0.4 is 4.57 Å². The molecule has 54 valence electrons. The third-order valence-electron chi connectivity index (χ3n) is 1.52. The Balaban J connectivity index is 3.07. The van der Waals surface area contributed by atoms with Crippen molar-refractivity contribution in [3.8, 4) is 0 Å². The maximum Gasteiger partial charge on any atom is 0.183 e. The molecule has 0 aliphatic carbocycles. The number of hydrogen-bond acceptors (Lipinski definition) is 0. The summed E-state index contributed by atoms with van der Waals surface area (Å²) >= 11 is 3.49. The zero-order chi connectivity index (χ0) is 7.56. The van der Waals surface area contributed by atoms with Gasteiger partial charge in [-0.25, -0.2) is 4.57 Å². The molecule has 1 aromatic heterocycles. The minimum atomic E-state index is 1.08. The van der Waals surface area contributed by atoms with Gasteiger partial charge in [0.05, 0.1) is 4.47 Å². The number of aromatic nitrogens is 1. The van der Waals surface area contributed by atoms with Gasteiger partial charge in [0.15, 0.2) is 12.4 Å². The third-order valence-corrected chi connectivity index (χ3v) is 2.23. The lowest BCUT2D eigenvalue weighted by Crippen LogP contribution is -2.26. The third kappa shape index (κ3) is 1.57.